The smallest absolute Gasteiger partial charge is 0.365 e. The quantitative estimate of drug-likeness (QED) is 0.848. The van der Waals surface area contributed by atoms with E-state index in [1.54, 1.807) is 0 Å². The molecule has 1 aromatic heterocycles. The molecule has 0 aliphatic heterocycles. The summed E-state index contributed by atoms with van der Waals surface area (Å²) in [7, 11) is 1.43. The van der Waals surface area contributed by atoms with Crippen molar-refractivity contribution in [1.29, 1.82) is 0 Å². The normalized spacial score (nSPS) is 11.2. The molecule has 0 bridgehead atoms. The molecule has 8 heteroatoms. The van der Waals surface area contributed by atoms with Crippen molar-refractivity contribution in [3.63, 3.8) is 0 Å². The molecule has 2 aromatic rings. The summed E-state index contributed by atoms with van der Waals surface area (Å²) in [6, 6.07) is 5.46. The summed E-state index contributed by atoms with van der Waals surface area (Å²) in [4.78, 5) is 15.6. The minimum atomic E-state index is -4.67. The molecule has 0 aliphatic rings. The molecule has 0 spiro atoms. The van der Waals surface area contributed by atoms with Gasteiger partial charge in [-0.05, 0) is 29.8 Å². The van der Waals surface area contributed by atoms with E-state index in [9.17, 15) is 22.4 Å². The fraction of sp³-hybridized carbons (Fsp3) is 0.200. The van der Waals surface area contributed by atoms with Gasteiger partial charge in [-0.2, -0.15) is 13.2 Å². The van der Waals surface area contributed by atoms with Crippen LogP contribution in [0.25, 0.3) is 0 Å². The number of amides is 1. The SMILES string of the molecule is CNC(=O)c1cccnc1NCc1ccc(F)cc1C(F)(F)F. The average Bonchev–Trinajstić information content (AvgIpc) is 2.52. The zero-order valence-electron chi connectivity index (χ0n) is 12.0. The molecule has 0 fully saturated rings. The number of halogens is 4. The van der Waals surface area contributed by atoms with Crippen molar-refractivity contribution in [3.05, 3.63) is 59.0 Å². The third kappa shape index (κ3) is 3.97. The molecular weight excluding hydrogens is 314 g/mol. The molecule has 0 saturated heterocycles. The Hall–Kier alpha value is -2.64. The third-order valence-corrected chi connectivity index (χ3v) is 3.10. The Balaban J connectivity index is 2.28. The number of pyridine rings is 1. The summed E-state index contributed by atoms with van der Waals surface area (Å²) in [6.45, 7) is -0.254. The average molecular weight is 327 g/mol. The van der Waals surface area contributed by atoms with Crippen molar-refractivity contribution in [2.75, 3.05) is 12.4 Å². The van der Waals surface area contributed by atoms with E-state index in [0.29, 0.717) is 6.07 Å². The van der Waals surface area contributed by atoms with E-state index in [-0.39, 0.29) is 23.5 Å². The van der Waals surface area contributed by atoms with Crippen LogP contribution in [0.5, 0.6) is 0 Å². The third-order valence-electron chi connectivity index (χ3n) is 3.10. The second kappa shape index (κ2) is 6.64. The van der Waals surface area contributed by atoms with Gasteiger partial charge in [-0.1, -0.05) is 6.07 Å². The van der Waals surface area contributed by atoms with Crippen LogP contribution < -0.4 is 10.6 Å². The first-order valence-corrected chi connectivity index (χ1v) is 6.59. The number of hydrogen-bond donors (Lipinski definition) is 2. The number of alkyl halides is 3. The first kappa shape index (κ1) is 16.7. The zero-order chi connectivity index (χ0) is 17.0. The summed E-state index contributed by atoms with van der Waals surface area (Å²) < 4.78 is 51.9. The van der Waals surface area contributed by atoms with Crippen LogP contribution in [0.15, 0.2) is 36.5 Å². The number of anilines is 1. The van der Waals surface area contributed by atoms with Crippen molar-refractivity contribution >= 4 is 11.7 Å². The Morgan fingerprint density at radius 2 is 2.00 bits per heavy atom. The summed E-state index contributed by atoms with van der Waals surface area (Å²) >= 11 is 0. The van der Waals surface area contributed by atoms with Crippen molar-refractivity contribution in [2.24, 2.45) is 0 Å². The first-order valence-electron chi connectivity index (χ1n) is 6.59. The molecule has 1 aromatic carbocycles. The lowest BCUT2D eigenvalue weighted by molar-refractivity contribution is -0.138. The maximum Gasteiger partial charge on any atom is 0.416 e. The van der Waals surface area contributed by atoms with Crippen LogP contribution >= 0.6 is 0 Å². The van der Waals surface area contributed by atoms with E-state index in [0.717, 1.165) is 12.1 Å². The van der Waals surface area contributed by atoms with Crippen LogP contribution in [-0.2, 0) is 12.7 Å². The minimum absolute atomic E-state index is 0.143. The Bertz CT molecular complexity index is 716. The van der Waals surface area contributed by atoms with E-state index >= 15 is 0 Å². The summed E-state index contributed by atoms with van der Waals surface area (Å²) in [5.41, 5.74) is -1.01. The van der Waals surface area contributed by atoms with Crippen LogP contribution in [0.3, 0.4) is 0 Å². The molecule has 0 atom stereocenters. The molecule has 122 valence electrons. The second-order valence-electron chi connectivity index (χ2n) is 4.63. The van der Waals surface area contributed by atoms with Gasteiger partial charge < -0.3 is 10.6 Å². The number of aromatic nitrogens is 1. The Morgan fingerprint density at radius 3 is 2.65 bits per heavy atom. The van der Waals surface area contributed by atoms with Gasteiger partial charge in [0.15, 0.2) is 0 Å². The van der Waals surface area contributed by atoms with E-state index in [1.807, 2.05) is 0 Å². The molecule has 1 amide bonds. The lowest BCUT2D eigenvalue weighted by Gasteiger charge is -2.15. The van der Waals surface area contributed by atoms with Gasteiger partial charge in [-0.25, -0.2) is 9.37 Å². The molecule has 2 N–H and O–H groups in total. The highest BCUT2D eigenvalue weighted by Crippen LogP contribution is 2.32. The Labute approximate surface area is 129 Å². The van der Waals surface area contributed by atoms with E-state index in [2.05, 4.69) is 15.6 Å². The van der Waals surface area contributed by atoms with Gasteiger partial charge in [0.05, 0.1) is 11.1 Å². The Kier molecular flexibility index (Phi) is 4.83. The number of benzene rings is 1. The topological polar surface area (TPSA) is 54.0 Å². The molecule has 4 nitrogen and oxygen atoms in total. The number of nitrogens with one attached hydrogen (secondary N) is 2. The van der Waals surface area contributed by atoms with Crippen LogP contribution in [0, 0.1) is 5.82 Å². The molecule has 0 radical (unpaired) electrons. The fourth-order valence-corrected chi connectivity index (χ4v) is 2.01. The lowest BCUT2D eigenvalue weighted by atomic mass is 10.1. The molecule has 23 heavy (non-hydrogen) atoms. The molecule has 0 saturated carbocycles. The number of rotatable bonds is 4. The van der Waals surface area contributed by atoms with Gasteiger partial charge in [-0.15, -0.1) is 0 Å². The van der Waals surface area contributed by atoms with Crippen LogP contribution in [0.1, 0.15) is 21.5 Å². The van der Waals surface area contributed by atoms with Gasteiger partial charge >= 0.3 is 6.18 Å². The van der Waals surface area contributed by atoms with Gasteiger partial charge in [0.25, 0.3) is 5.91 Å². The van der Waals surface area contributed by atoms with Crippen molar-refractivity contribution in [3.8, 4) is 0 Å². The van der Waals surface area contributed by atoms with Gasteiger partial charge in [0.2, 0.25) is 0 Å². The zero-order valence-corrected chi connectivity index (χ0v) is 12.0. The maximum absolute atomic E-state index is 13.1. The second-order valence-corrected chi connectivity index (χ2v) is 4.63. The number of hydrogen-bond acceptors (Lipinski definition) is 3. The number of nitrogens with zero attached hydrogens (tertiary/aromatic N) is 1. The van der Waals surface area contributed by atoms with E-state index < -0.39 is 23.5 Å². The molecule has 2 rings (SSSR count). The summed E-state index contributed by atoms with van der Waals surface area (Å²) in [5.74, 6) is -1.25. The summed E-state index contributed by atoms with van der Waals surface area (Å²) in [6.07, 6.45) is -3.27. The minimum Gasteiger partial charge on any atom is -0.365 e. The molecule has 0 aliphatic carbocycles. The monoisotopic (exact) mass is 327 g/mol. The standard InChI is InChI=1S/C15H13F4N3O/c1-20-14(23)11-3-2-6-21-13(11)22-8-9-4-5-10(16)7-12(9)15(17,18)19/h2-7H,8H2,1H3,(H,20,23)(H,21,22). The number of carbonyl (C=O) groups is 1. The maximum atomic E-state index is 13.1. The van der Waals surface area contributed by atoms with E-state index in [1.165, 1.54) is 25.4 Å². The highest BCUT2D eigenvalue weighted by Gasteiger charge is 2.33. The van der Waals surface area contributed by atoms with Crippen molar-refractivity contribution < 1.29 is 22.4 Å². The highest BCUT2D eigenvalue weighted by atomic mass is 19.4. The largest absolute Gasteiger partial charge is 0.416 e. The summed E-state index contributed by atoms with van der Waals surface area (Å²) in [5, 5.41) is 5.10. The van der Waals surface area contributed by atoms with Crippen molar-refractivity contribution in [1.82, 2.24) is 10.3 Å². The van der Waals surface area contributed by atoms with Gasteiger partial charge in [-0.3, -0.25) is 4.79 Å². The molecular formula is C15H13F4N3O. The predicted octanol–water partition coefficient (Wildman–Crippen LogP) is 3.21. The Morgan fingerprint density at radius 1 is 1.26 bits per heavy atom. The predicted molar refractivity (Wildman–Crippen MR) is 76.4 cm³/mol. The van der Waals surface area contributed by atoms with E-state index in [4.69, 9.17) is 0 Å². The number of carbonyl (C=O) groups excluding carboxylic acids is 1. The molecule has 1 heterocycles. The van der Waals surface area contributed by atoms with Gasteiger partial charge in [0, 0.05) is 19.8 Å². The van der Waals surface area contributed by atoms with Crippen LogP contribution in [-0.4, -0.2) is 17.9 Å². The highest BCUT2D eigenvalue weighted by molar-refractivity contribution is 5.98. The first-order chi connectivity index (χ1) is 10.8. The lowest BCUT2D eigenvalue weighted by Crippen LogP contribution is -2.20. The van der Waals surface area contributed by atoms with Crippen LogP contribution in [0.2, 0.25) is 0 Å². The fourth-order valence-electron chi connectivity index (χ4n) is 2.01. The van der Waals surface area contributed by atoms with Crippen molar-refractivity contribution in [2.45, 2.75) is 12.7 Å². The molecule has 0 unspecified atom stereocenters. The van der Waals surface area contributed by atoms with Crippen LogP contribution in [0.4, 0.5) is 23.4 Å². The van der Waals surface area contributed by atoms with Gasteiger partial charge in [0.1, 0.15) is 11.6 Å².